The average molecular weight is 406 g/mol. The van der Waals surface area contributed by atoms with Gasteiger partial charge in [0.2, 0.25) is 11.8 Å². The third kappa shape index (κ3) is 8.87. The van der Waals surface area contributed by atoms with Crippen LogP contribution in [0.1, 0.15) is 51.9 Å². The van der Waals surface area contributed by atoms with E-state index in [9.17, 15) is 24.0 Å². The van der Waals surface area contributed by atoms with Crippen molar-refractivity contribution in [3.05, 3.63) is 23.8 Å². The summed E-state index contributed by atoms with van der Waals surface area (Å²) in [6, 6.07) is 3.43. The Labute approximate surface area is 168 Å². The van der Waals surface area contributed by atoms with Crippen LogP contribution in [0.5, 0.6) is 0 Å². The summed E-state index contributed by atoms with van der Waals surface area (Å²) >= 11 is 0. The van der Waals surface area contributed by atoms with Crippen LogP contribution in [0.25, 0.3) is 0 Å². The maximum absolute atomic E-state index is 12.4. The van der Waals surface area contributed by atoms with Gasteiger partial charge in [-0.15, -0.1) is 0 Å². The molecule has 0 aliphatic heterocycles. The van der Waals surface area contributed by atoms with Gasteiger partial charge in [-0.25, -0.2) is 9.59 Å². The quantitative estimate of drug-likeness (QED) is 0.549. The first kappa shape index (κ1) is 23.6. The second-order valence-electron chi connectivity index (χ2n) is 7.40. The first-order chi connectivity index (χ1) is 13.3. The van der Waals surface area contributed by atoms with Gasteiger partial charge in [0, 0.05) is 30.8 Å². The summed E-state index contributed by atoms with van der Waals surface area (Å²) in [5, 5.41) is 9.65. The summed E-state index contributed by atoms with van der Waals surface area (Å²) in [4.78, 5) is 58.8. The normalized spacial score (nSPS) is 11.7. The van der Waals surface area contributed by atoms with Crippen LogP contribution in [0.15, 0.2) is 18.2 Å². The zero-order chi connectivity index (χ0) is 22.4. The molecule has 29 heavy (non-hydrogen) atoms. The molecule has 1 atom stereocenters. The van der Waals surface area contributed by atoms with Crippen LogP contribution in [-0.2, 0) is 19.1 Å². The standard InChI is InChI=1S/C19H26N4O6/c1-10(16(26)22-18(28)23-19(4,5)6)29-17(27)13-7-14(20-11(2)24)9-15(8-13)21-12(3)25/h7-10H,1-6H3,(H,20,24)(H,21,25)(H2,22,23,26,28). The van der Waals surface area contributed by atoms with Gasteiger partial charge in [0.1, 0.15) is 0 Å². The molecule has 0 saturated heterocycles. The molecule has 1 aromatic rings. The Balaban J connectivity index is 2.90. The molecule has 0 aromatic heterocycles. The van der Waals surface area contributed by atoms with Crippen molar-refractivity contribution in [3.8, 4) is 0 Å². The fourth-order valence-corrected chi connectivity index (χ4v) is 2.16. The maximum atomic E-state index is 12.4. The molecule has 0 heterocycles. The van der Waals surface area contributed by atoms with E-state index < -0.39 is 29.6 Å². The summed E-state index contributed by atoms with van der Waals surface area (Å²) in [6.07, 6.45) is -1.26. The van der Waals surface area contributed by atoms with E-state index in [1.807, 2.05) is 0 Å². The van der Waals surface area contributed by atoms with Gasteiger partial charge >= 0.3 is 12.0 Å². The number of carbonyl (C=O) groups is 5. The lowest BCUT2D eigenvalue weighted by Crippen LogP contribution is -2.50. The highest BCUT2D eigenvalue weighted by Crippen LogP contribution is 2.20. The molecule has 0 aliphatic rings. The highest BCUT2D eigenvalue weighted by atomic mass is 16.5. The molecule has 10 heteroatoms. The second kappa shape index (κ2) is 9.67. The minimum atomic E-state index is -1.26. The molecule has 0 saturated carbocycles. The number of urea groups is 1. The molecule has 1 unspecified atom stereocenters. The van der Waals surface area contributed by atoms with Crippen LogP contribution in [0, 0.1) is 0 Å². The number of benzene rings is 1. The third-order valence-electron chi connectivity index (χ3n) is 3.19. The van der Waals surface area contributed by atoms with Gasteiger partial charge in [0.05, 0.1) is 5.56 Å². The van der Waals surface area contributed by atoms with Gasteiger partial charge in [-0.2, -0.15) is 0 Å². The fourth-order valence-electron chi connectivity index (χ4n) is 2.16. The summed E-state index contributed by atoms with van der Waals surface area (Å²) in [7, 11) is 0. The number of carbonyl (C=O) groups excluding carboxylic acids is 5. The molecule has 0 aliphatic carbocycles. The monoisotopic (exact) mass is 406 g/mol. The van der Waals surface area contributed by atoms with Crippen LogP contribution in [0.4, 0.5) is 16.2 Å². The number of nitrogens with one attached hydrogen (secondary N) is 4. The molecular formula is C19H26N4O6. The molecule has 0 spiro atoms. The van der Waals surface area contributed by atoms with E-state index in [0.29, 0.717) is 0 Å². The number of imide groups is 1. The van der Waals surface area contributed by atoms with Gasteiger partial charge in [-0.3, -0.25) is 19.7 Å². The number of esters is 1. The topological polar surface area (TPSA) is 143 Å². The average Bonchev–Trinajstić information content (AvgIpc) is 2.50. The van der Waals surface area contributed by atoms with Crippen molar-refractivity contribution in [1.82, 2.24) is 10.6 Å². The second-order valence-corrected chi connectivity index (χ2v) is 7.40. The highest BCUT2D eigenvalue weighted by Gasteiger charge is 2.23. The summed E-state index contributed by atoms with van der Waals surface area (Å²) < 4.78 is 5.09. The van der Waals surface area contributed by atoms with E-state index in [2.05, 4.69) is 21.3 Å². The zero-order valence-electron chi connectivity index (χ0n) is 17.3. The number of rotatable bonds is 5. The molecule has 158 valence electrons. The van der Waals surface area contributed by atoms with Crippen LogP contribution in [0.3, 0.4) is 0 Å². The minimum absolute atomic E-state index is 0.00112. The summed E-state index contributed by atoms with van der Waals surface area (Å²) in [6.45, 7) is 9.12. The summed E-state index contributed by atoms with van der Waals surface area (Å²) in [5.74, 6) is -2.42. The fraction of sp³-hybridized carbons (Fsp3) is 0.421. The van der Waals surface area contributed by atoms with Crippen molar-refractivity contribution in [3.63, 3.8) is 0 Å². The Morgan fingerprint density at radius 3 is 1.79 bits per heavy atom. The zero-order valence-corrected chi connectivity index (χ0v) is 17.3. The van der Waals surface area contributed by atoms with E-state index in [0.717, 1.165) is 0 Å². The number of amides is 5. The molecule has 0 radical (unpaired) electrons. The SMILES string of the molecule is CC(=O)Nc1cc(NC(C)=O)cc(C(=O)OC(C)C(=O)NC(=O)NC(C)(C)C)c1. The highest BCUT2D eigenvalue weighted by molar-refractivity contribution is 6.00. The van der Waals surface area contributed by atoms with E-state index >= 15 is 0 Å². The van der Waals surface area contributed by atoms with Crippen molar-refractivity contribution in [2.24, 2.45) is 0 Å². The summed E-state index contributed by atoms with van der Waals surface area (Å²) in [5.41, 5.74) is -0.0253. The molecule has 0 bridgehead atoms. The van der Waals surface area contributed by atoms with Crippen molar-refractivity contribution in [1.29, 1.82) is 0 Å². The Kier molecular flexibility index (Phi) is 7.87. The van der Waals surface area contributed by atoms with Crippen molar-refractivity contribution in [2.45, 2.75) is 53.2 Å². The molecule has 4 N–H and O–H groups in total. The number of hydrogen-bond donors (Lipinski definition) is 4. The van der Waals surface area contributed by atoms with Crippen LogP contribution in [0.2, 0.25) is 0 Å². The van der Waals surface area contributed by atoms with Gasteiger partial charge in [-0.05, 0) is 45.9 Å². The molecule has 5 amide bonds. The molecule has 0 fully saturated rings. The molecular weight excluding hydrogens is 380 g/mol. The Morgan fingerprint density at radius 2 is 1.38 bits per heavy atom. The van der Waals surface area contributed by atoms with E-state index in [1.54, 1.807) is 20.8 Å². The van der Waals surface area contributed by atoms with E-state index in [1.165, 1.54) is 39.0 Å². The van der Waals surface area contributed by atoms with E-state index in [4.69, 9.17) is 4.74 Å². The predicted octanol–water partition coefficient (Wildman–Crippen LogP) is 1.77. The Morgan fingerprint density at radius 1 is 0.897 bits per heavy atom. The van der Waals surface area contributed by atoms with Crippen molar-refractivity contribution >= 4 is 41.1 Å². The van der Waals surface area contributed by atoms with Crippen LogP contribution >= 0.6 is 0 Å². The number of hydrogen-bond acceptors (Lipinski definition) is 6. The number of ether oxygens (including phenoxy) is 1. The Bertz CT molecular complexity index is 794. The molecule has 10 nitrogen and oxygen atoms in total. The number of anilines is 2. The Hall–Kier alpha value is -3.43. The third-order valence-corrected chi connectivity index (χ3v) is 3.19. The lowest BCUT2D eigenvalue weighted by Gasteiger charge is -2.21. The predicted molar refractivity (Wildman–Crippen MR) is 106 cm³/mol. The first-order valence-electron chi connectivity index (χ1n) is 8.81. The first-order valence-corrected chi connectivity index (χ1v) is 8.81. The van der Waals surface area contributed by atoms with Gasteiger partial charge in [-0.1, -0.05) is 0 Å². The van der Waals surface area contributed by atoms with Gasteiger partial charge < -0.3 is 20.7 Å². The van der Waals surface area contributed by atoms with Crippen LogP contribution in [-0.4, -0.2) is 41.4 Å². The van der Waals surface area contributed by atoms with E-state index in [-0.39, 0.29) is 28.8 Å². The molecule has 1 rings (SSSR count). The lowest BCUT2D eigenvalue weighted by molar-refractivity contribution is -0.128. The van der Waals surface area contributed by atoms with Gasteiger partial charge in [0.25, 0.3) is 5.91 Å². The largest absolute Gasteiger partial charge is 0.449 e. The smallest absolute Gasteiger partial charge is 0.339 e. The van der Waals surface area contributed by atoms with Gasteiger partial charge in [0.15, 0.2) is 6.10 Å². The molecule has 1 aromatic carbocycles. The van der Waals surface area contributed by atoms with Crippen LogP contribution < -0.4 is 21.3 Å². The lowest BCUT2D eigenvalue weighted by atomic mass is 10.1. The minimum Gasteiger partial charge on any atom is -0.449 e. The van der Waals surface area contributed by atoms with Crippen molar-refractivity contribution in [2.75, 3.05) is 10.6 Å². The maximum Gasteiger partial charge on any atom is 0.339 e. The van der Waals surface area contributed by atoms with Crippen molar-refractivity contribution < 1.29 is 28.7 Å².